The number of nitrogens with zero attached hydrogens (tertiary/aromatic N) is 3. The van der Waals surface area contributed by atoms with Gasteiger partial charge in [-0.25, -0.2) is 0 Å². The monoisotopic (exact) mass is 366 g/mol. The molecule has 2 fully saturated rings. The molecule has 7 nitrogen and oxygen atoms in total. The quantitative estimate of drug-likeness (QED) is 0.859. The van der Waals surface area contributed by atoms with Gasteiger partial charge in [0.25, 0.3) is 11.8 Å². The summed E-state index contributed by atoms with van der Waals surface area (Å²) < 4.78 is 9.71. The van der Waals surface area contributed by atoms with Crippen LogP contribution in [0.15, 0.2) is 0 Å². The minimum Gasteiger partial charge on any atom is -0.362 e. The van der Waals surface area contributed by atoms with Crippen LogP contribution in [0.5, 0.6) is 0 Å². The fourth-order valence-corrected chi connectivity index (χ4v) is 4.18. The summed E-state index contributed by atoms with van der Waals surface area (Å²) in [6.45, 7) is 4.92. The highest BCUT2D eigenvalue weighted by Gasteiger charge is 2.42. The predicted molar refractivity (Wildman–Crippen MR) is 94.6 cm³/mol. The molecule has 1 unspecified atom stereocenters. The maximum atomic E-state index is 12.9. The molecule has 0 aromatic carbocycles. The minimum atomic E-state index is -1.00. The first-order valence-electron chi connectivity index (χ1n) is 9.09. The molecular formula is C17H26N4O3S. The van der Waals surface area contributed by atoms with E-state index in [1.807, 2.05) is 6.92 Å². The van der Waals surface area contributed by atoms with E-state index >= 15 is 0 Å². The van der Waals surface area contributed by atoms with Crippen molar-refractivity contribution in [2.24, 2.45) is 0 Å². The van der Waals surface area contributed by atoms with Gasteiger partial charge < -0.3 is 15.0 Å². The fraction of sp³-hybridized carbons (Fsp3) is 0.765. The van der Waals surface area contributed by atoms with Gasteiger partial charge in [-0.1, -0.05) is 30.7 Å². The zero-order valence-corrected chi connectivity index (χ0v) is 15.7. The van der Waals surface area contributed by atoms with Gasteiger partial charge in [-0.3, -0.25) is 9.59 Å². The van der Waals surface area contributed by atoms with E-state index in [4.69, 9.17) is 4.74 Å². The lowest BCUT2D eigenvalue weighted by molar-refractivity contribution is -0.154. The Morgan fingerprint density at radius 3 is 2.88 bits per heavy atom. The fourth-order valence-electron chi connectivity index (χ4n) is 3.50. The first-order valence-corrected chi connectivity index (χ1v) is 9.86. The van der Waals surface area contributed by atoms with Crippen LogP contribution in [-0.4, -0.2) is 57.6 Å². The van der Waals surface area contributed by atoms with E-state index in [1.54, 1.807) is 11.8 Å². The van der Waals surface area contributed by atoms with E-state index in [0.717, 1.165) is 55.8 Å². The maximum absolute atomic E-state index is 12.9. The lowest BCUT2D eigenvalue weighted by Crippen LogP contribution is -2.60. The summed E-state index contributed by atoms with van der Waals surface area (Å²) in [5.41, 5.74) is -0.249. The number of amides is 2. The van der Waals surface area contributed by atoms with Crippen molar-refractivity contribution >= 4 is 23.3 Å². The van der Waals surface area contributed by atoms with Crippen molar-refractivity contribution in [1.82, 2.24) is 19.8 Å². The second kappa shape index (κ2) is 7.78. The van der Waals surface area contributed by atoms with Gasteiger partial charge in [-0.15, -0.1) is 5.10 Å². The molecule has 1 aromatic heterocycles. The molecule has 1 saturated heterocycles. The molecule has 1 N–H and O–H groups in total. The standard InChI is InChI=1S/C17H26N4O3S/c1-3-6-13-14(25-20-19-13)15(22)21-9-10-24-17(2,11-21)16(23)18-12-7-4-5-8-12/h12H,3-11H2,1-2H3,(H,18,23). The van der Waals surface area contributed by atoms with Crippen LogP contribution in [0, 0.1) is 0 Å². The lowest BCUT2D eigenvalue weighted by Gasteiger charge is -2.39. The number of carbonyl (C=O) groups excluding carboxylic acids is 2. The first-order chi connectivity index (χ1) is 12.0. The molecule has 1 saturated carbocycles. The van der Waals surface area contributed by atoms with Crippen molar-refractivity contribution in [2.45, 2.75) is 64.0 Å². The van der Waals surface area contributed by atoms with Gasteiger partial charge in [0.1, 0.15) is 4.88 Å². The molecule has 2 heterocycles. The average Bonchev–Trinajstić information content (AvgIpc) is 3.26. The summed E-state index contributed by atoms with van der Waals surface area (Å²) in [7, 11) is 0. The number of ether oxygens (including phenoxy) is 1. The number of aryl methyl sites for hydroxylation is 1. The Kier molecular flexibility index (Phi) is 5.68. The van der Waals surface area contributed by atoms with Crippen LogP contribution in [-0.2, 0) is 16.0 Å². The van der Waals surface area contributed by atoms with E-state index in [-0.39, 0.29) is 24.4 Å². The second-order valence-corrected chi connectivity index (χ2v) is 7.81. The van der Waals surface area contributed by atoms with Crippen molar-refractivity contribution in [2.75, 3.05) is 19.7 Å². The summed E-state index contributed by atoms with van der Waals surface area (Å²) in [4.78, 5) is 27.9. The predicted octanol–water partition coefficient (Wildman–Crippen LogP) is 1.78. The van der Waals surface area contributed by atoms with Crippen LogP contribution in [0.4, 0.5) is 0 Å². The summed E-state index contributed by atoms with van der Waals surface area (Å²) in [6.07, 6.45) is 6.02. The van der Waals surface area contributed by atoms with E-state index in [9.17, 15) is 9.59 Å². The molecule has 1 aliphatic carbocycles. The highest BCUT2D eigenvalue weighted by atomic mass is 32.1. The molecule has 8 heteroatoms. The summed E-state index contributed by atoms with van der Waals surface area (Å²) in [5.74, 6) is -0.213. The molecule has 138 valence electrons. The molecule has 1 atom stereocenters. The van der Waals surface area contributed by atoms with Gasteiger partial charge in [-0.2, -0.15) is 0 Å². The molecule has 0 radical (unpaired) electrons. The first kappa shape index (κ1) is 18.3. The van der Waals surface area contributed by atoms with Gasteiger partial charge in [0.05, 0.1) is 18.8 Å². The van der Waals surface area contributed by atoms with E-state index in [1.165, 1.54) is 0 Å². The number of aromatic nitrogens is 2. The Morgan fingerprint density at radius 1 is 1.40 bits per heavy atom. The Balaban J connectivity index is 1.68. The Hall–Kier alpha value is -1.54. The number of rotatable bonds is 5. The Labute approximate surface area is 152 Å². The van der Waals surface area contributed by atoms with Gasteiger partial charge >= 0.3 is 0 Å². The largest absolute Gasteiger partial charge is 0.362 e. The third-order valence-electron chi connectivity index (χ3n) is 4.97. The van der Waals surface area contributed by atoms with E-state index in [0.29, 0.717) is 18.0 Å². The third kappa shape index (κ3) is 4.00. The van der Waals surface area contributed by atoms with Gasteiger partial charge in [-0.05, 0) is 37.7 Å². The number of hydrogen-bond acceptors (Lipinski definition) is 6. The molecule has 2 amide bonds. The normalized spacial score (nSPS) is 24.5. The van der Waals surface area contributed by atoms with E-state index < -0.39 is 5.60 Å². The Bertz CT molecular complexity index is 629. The minimum absolute atomic E-state index is 0.0957. The van der Waals surface area contributed by atoms with Gasteiger partial charge in [0.15, 0.2) is 5.60 Å². The highest BCUT2D eigenvalue weighted by Crippen LogP contribution is 2.24. The van der Waals surface area contributed by atoms with Crippen LogP contribution < -0.4 is 5.32 Å². The molecule has 1 aliphatic heterocycles. The maximum Gasteiger partial charge on any atom is 0.267 e. The molecule has 0 spiro atoms. The van der Waals surface area contributed by atoms with Crippen molar-refractivity contribution < 1.29 is 14.3 Å². The molecule has 2 aliphatic rings. The van der Waals surface area contributed by atoms with Crippen molar-refractivity contribution in [1.29, 1.82) is 0 Å². The van der Waals surface area contributed by atoms with E-state index in [2.05, 4.69) is 14.9 Å². The summed E-state index contributed by atoms with van der Waals surface area (Å²) in [5, 5.41) is 7.16. The van der Waals surface area contributed by atoms with Crippen LogP contribution in [0.3, 0.4) is 0 Å². The average molecular weight is 366 g/mol. The topological polar surface area (TPSA) is 84.4 Å². The van der Waals surface area contributed by atoms with Crippen LogP contribution >= 0.6 is 11.5 Å². The number of carbonyl (C=O) groups is 2. The van der Waals surface area contributed by atoms with Crippen molar-refractivity contribution in [3.63, 3.8) is 0 Å². The number of nitrogens with one attached hydrogen (secondary N) is 1. The SMILES string of the molecule is CCCc1nnsc1C(=O)N1CCOC(C)(C(=O)NC2CCCC2)C1. The molecule has 0 bridgehead atoms. The van der Waals surface area contributed by atoms with Crippen molar-refractivity contribution in [3.05, 3.63) is 10.6 Å². The molecule has 25 heavy (non-hydrogen) atoms. The zero-order chi connectivity index (χ0) is 17.9. The van der Waals surface area contributed by atoms with Crippen LogP contribution in [0.25, 0.3) is 0 Å². The number of hydrogen-bond donors (Lipinski definition) is 1. The van der Waals surface area contributed by atoms with Crippen LogP contribution in [0.2, 0.25) is 0 Å². The van der Waals surface area contributed by atoms with Crippen molar-refractivity contribution in [3.8, 4) is 0 Å². The zero-order valence-electron chi connectivity index (χ0n) is 14.9. The third-order valence-corrected chi connectivity index (χ3v) is 5.73. The van der Waals surface area contributed by atoms with Gasteiger partial charge in [0.2, 0.25) is 0 Å². The second-order valence-electron chi connectivity index (χ2n) is 7.06. The smallest absolute Gasteiger partial charge is 0.267 e. The highest BCUT2D eigenvalue weighted by molar-refractivity contribution is 7.08. The lowest BCUT2D eigenvalue weighted by atomic mass is 10.0. The number of morpholine rings is 1. The Morgan fingerprint density at radius 2 is 2.16 bits per heavy atom. The van der Waals surface area contributed by atoms with Crippen LogP contribution in [0.1, 0.15) is 61.3 Å². The molecule has 1 aromatic rings. The van der Waals surface area contributed by atoms with Gasteiger partial charge in [0, 0.05) is 12.6 Å². The molecule has 3 rings (SSSR count). The molecular weight excluding hydrogens is 340 g/mol. The summed E-state index contributed by atoms with van der Waals surface area (Å²) in [6, 6.07) is 0.237. The summed E-state index contributed by atoms with van der Waals surface area (Å²) >= 11 is 1.13.